The third-order valence-electron chi connectivity index (χ3n) is 2.74. The molecule has 0 spiro atoms. The zero-order valence-corrected chi connectivity index (χ0v) is 11.0. The van der Waals surface area contributed by atoms with Crippen LogP contribution >= 0.6 is 11.6 Å². The van der Waals surface area contributed by atoms with Crippen LogP contribution in [-0.4, -0.2) is 20.2 Å². The first-order valence-electron chi connectivity index (χ1n) is 5.83. The lowest BCUT2D eigenvalue weighted by atomic mass is 10.2. The maximum Gasteiger partial charge on any atom is 0.205 e. The van der Waals surface area contributed by atoms with Crippen molar-refractivity contribution in [2.45, 2.75) is 0 Å². The lowest BCUT2D eigenvalue weighted by Gasteiger charge is -2.01. The molecule has 0 fully saturated rings. The van der Waals surface area contributed by atoms with Gasteiger partial charge in [0.25, 0.3) is 0 Å². The number of nitrogens with zero attached hydrogens (tertiary/aromatic N) is 5. The number of tetrazole rings is 1. The van der Waals surface area contributed by atoms with Crippen molar-refractivity contribution < 1.29 is 0 Å². The fraction of sp³-hybridized carbons (Fsp3) is 0. The van der Waals surface area contributed by atoms with Gasteiger partial charge in [0, 0.05) is 5.56 Å². The van der Waals surface area contributed by atoms with Crippen LogP contribution in [0.1, 0.15) is 5.56 Å². The third-order valence-corrected chi connectivity index (χ3v) is 3.04. The van der Waals surface area contributed by atoms with Gasteiger partial charge in [0.1, 0.15) is 5.69 Å². The molecule has 2 aromatic carbocycles. The Labute approximate surface area is 120 Å². The standard InChI is InChI=1S/C14H8ClN5/c15-12-8-10(9-16)6-7-13(12)20-18-14(17-19-20)11-4-2-1-3-5-11/h1-8H. The van der Waals surface area contributed by atoms with Gasteiger partial charge in [-0.25, -0.2) is 0 Å². The van der Waals surface area contributed by atoms with E-state index in [0.29, 0.717) is 22.1 Å². The molecule has 96 valence electrons. The largest absolute Gasteiger partial charge is 0.205 e. The van der Waals surface area contributed by atoms with Crippen molar-refractivity contribution in [1.82, 2.24) is 20.2 Å². The fourth-order valence-corrected chi connectivity index (χ4v) is 2.01. The molecule has 0 aliphatic carbocycles. The summed E-state index contributed by atoms with van der Waals surface area (Å²) < 4.78 is 0. The Balaban J connectivity index is 2.01. The molecule has 0 aliphatic rings. The zero-order chi connectivity index (χ0) is 13.9. The van der Waals surface area contributed by atoms with Crippen molar-refractivity contribution in [2.75, 3.05) is 0 Å². The Morgan fingerprint density at radius 2 is 1.90 bits per heavy atom. The van der Waals surface area contributed by atoms with Crippen molar-refractivity contribution in [3.8, 4) is 23.1 Å². The Bertz CT molecular complexity index is 789. The highest BCUT2D eigenvalue weighted by Crippen LogP contribution is 2.21. The number of rotatable bonds is 2. The Morgan fingerprint density at radius 3 is 2.60 bits per heavy atom. The molecule has 3 aromatic rings. The molecule has 0 amide bonds. The fourth-order valence-electron chi connectivity index (χ4n) is 1.76. The van der Waals surface area contributed by atoms with Crippen LogP contribution < -0.4 is 0 Å². The lowest BCUT2D eigenvalue weighted by molar-refractivity contribution is 0.720. The highest BCUT2D eigenvalue weighted by atomic mass is 35.5. The quantitative estimate of drug-likeness (QED) is 0.724. The monoisotopic (exact) mass is 281 g/mol. The molecule has 20 heavy (non-hydrogen) atoms. The first kappa shape index (κ1) is 12.3. The Kier molecular flexibility index (Phi) is 3.15. The van der Waals surface area contributed by atoms with E-state index in [1.165, 1.54) is 4.80 Å². The van der Waals surface area contributed by atoms with Crippen LogP contribution in [0.2, 0.25) is 5.02 Å². The number of benzene rings is 2. The van der Waals surface area contributed by atoms with Crippen molar-refractivity contribution in [1.29, 1.82) is 5.26 Å². The topological polar surface area (TPSA) is 67.4 Å². The summed E-state index contributed by atoms with van der Waals surface area (Å²) in [6.45, 7) is 0. The van der Waals surface area contributed by atoms with Gasteiger partial charge in [0.2, 0.25) is 5.82 Å². The predicted octanol–water partition coefficient (Wildman–Crippen LogP) is 2.85. The summed E-state index contributed by atoms with van der Waals surface area (Å²) in [6.07, 6.45) is 0. The molecule has 3 rings (SSSR count). The van der Waals surface area contributed by atoms with E-state index in [-0.39, 0.29) is 0 Å². The van der Waals surface area contributed by atoms with Crippen LogP contribution in [0.15, 0.2) is 48.5 Å². The highest BCUT2D eigenvalue weighted by molar-refractivity contribution is 6.32. The van der Waals surface area contributed by atoms with Crippen LogP contribution in [0.5, 0.6) is 0 Å². The van der Waals surface area contributed by atoms with Gasteiger partial charge in [-0.1, -0.05) is 41.9 Å². The summed E-state index contributed by atoms with van der Waals surface area (Å²) in [4.78, 5) is 1.35. The molecule has 0 unspecified atom stereocenters. The minimum absolute atomic E-state index is 0.404. The SMILES string of the molecule is N#Cc1ccc(-n2nnc(-c3ccccc3)n2)c(Cl)c1. The number of hydrogen-bond donors (Lipinski definition) is 0. The van der Waals surface area contributed by atoms with Crippen LogP contribution in [0.25, 0.3) is 17.1 Å². The van der Waals surface area contributed by atoms with Crippen molar-refractivity contribution in [3.05, 3.63) is 59.1 Å². The molecule has 0 saturated carbocycles. The average Bonchev–Trinajstić information content (AvgIpc) is 2.97. The van der Waals surface area contributed by atoms with E-state index in [4.69, 9.17) is 16.9 Å². The van der Waals surface area contributed by atoms with Crippen LogP contribution in [0.3, 0.4) is 0 Å². The van der Waals surface area contributed by atoms with Crippen molar-refractivity contribution >= 4 is 11.6 Å². The second-order valence-corrected chi connectivity index (χ2v) is 4.45. The van der Waals surface area contributed by atoms with Crippen LogP contribution in [0, 0.1) is 11.3 Å². The smallest absolute Gasteiger partial charge is 0.192 e. The van der Waals surface area contributed by atoms with Crippen molar-refractivity contribution in [3.63, 3.8) is 0 Å². The Morgan fingerprint density at radius 1 is 1.10 bits per heavy atom. The van der Waals surface area contributed by atoms with Crippen LogP contribution in [-0.2, 0) is 0 Å². The molecule has 6 heteroatoms. The van der Waals surface area contributed by atoms with Gasteiger partial charge in [-0.3, -0.25) is 0 Å². The molecule has 1 heterocycles. The normalized spacial score (nSPS) is 10.2. The number of hydrogen-bond acceptors (Lipinski definition) is 4. The lowest BCUT2D eigenvalue weighted by Crippen LogP contribution is -2.00. The second kappa shape index (κ2) is 5.11. The Hall–Kier alpha value is -2.71. The van der Waals surface area contributed by atoms with Gasteiger partial charge in [0.15, 0.2) is 0 Å². The number of halogens is 1. The summed E-state index contributed by atoms with van der Waals surface area (Å²) in [7, 11) is 0. The van der Waals surface area contributed by atoms with E-state index in [0.717, 1.165) is 5.56 Å². The van der Waals surface area contributed by atoms with E-state index in [2.05, 4.69) is 15.4 Å². The molecular formula is C14H8ClN5. The van der Waals surface area contributed by atoms with Gasteiger partial charge in [-0.2, -0.15) is 5.26 Å². The first-order valence-corrected chi connectivity index (χ1v) is 6.21. The molecule has 0 radical (unpaired) electrons. The number of aromatic nitrogens is 4. The van der Waals surface area contributed by atoms with E-state index in [1.54, 1.807) is 18.2 Å². The van der Waals surface area contributed by atoms with Gasteiger partial charge in [-0.05, 0) is 23.4 Å². The molecule has 1 aromatic heterocycles. The minimum Gasteiger partial charge on any atom is -0.192 e. The van der Waals surface area contributed by atoms with E-state index >= 15 is 0 Å². The van der Waals surface area contributed by atoms with E-state index < -0.39 is 0 Å². The molecule has 0 atom stereocenters. The molecule has 5 nitrogen and oxygen atoms in total. The molecule has 0 N–H and O–H groups in total. The molecule has 0 bridgehead atoms. The van der Waals surface area contributed by atoms with Gasteiger partial charge in [-0.15, -0.1) is 15.0 Å². The maximum absolute atomic E-state index is 8.82. The van der Waals surface area contributed by atoms with E-state index in [9.17, 15) is 0 Å². The van der Waals surface area contributed by atoms with Gasteiger partial charge in [0.05, 0.1) is 16.7 Å². The summed E-state index contributed by atoms with van der Waals surface area (Å²) in [5.74, 6) is 0.519. The average molecular weight is 282 g/mol. The summed E-state index contributed by atoms with van der Waals surface area (Å²) in [5.41, 5.74) is 1.95. The summed E-state index contributed by atoms with van der Waals surface area (Å²) in [5, 5.41) is 21.5. The van der Waals surface area contributed by atoms with Crippen LogP contribution in [0.4, 0.5) is 0 Å². The summed E-state index contributed by atoms with van der Waals surface area (Å²) in [6, 6.07) is 16.5. The zero-order valence-electron chi connectivity index (χ0n) is 10.2. The molecular weight excluding hydrogens is 274 g/mol. The molecule has 0 aliphatic heterocycles. The third kappa shape index (κ3) is 2.25. The van der Waals surface area contributed by atoms with E-state index in [1.807, 2.05) is 36.4 Å². The number of nitriles is 1. The maximum atomic E-state index is 8.82. The second-order valence-electron chi connectivity index (χ2n) is 4.05. The highest BCUT2D eigenvalue weighted by Gasteiger charge is 2.10. The first-order chi connectivity index (χ1) is 9.78. The molecule has 0 saturated heterocycles. The predicted molar refractivity (Wildman–Crippen MR) is 74.3 cm³/mol. The van der Waals surface area contributed by atoms with Gasteiger partial charge >= 0.3 is 0 Å². The minimum atomic E-state index is 0.404. The van der Waals surface area contributed by atoms with Gasteiger partial charge < -0.3 is 0 Å². The summed E-state index contributed by atoms with van der Waals surface area (Å²) >= 11 is 6.12. The van der Waals surface area contributed by atoms with Crippen molar-refractivity contribution in [2.24, 2.45) is 0 Å².